The summed E-state index contributed by atoms with van der Waals surface area (Å²) in [6.45, 7) is 0. The molecule has 6 nitrogen and oxygen atoms in total. The first kappa shape index (κ1) is 31.4. The van der Waals surface area contributed by atoms with Crippen molar-refractivity contribution in [1.29, 1.82) is 0 Å². The van der Waals surface area contributed by atoms with E-state index in [0.29, 0.717) is 0 Å². The number of hydrogen-bond acceptors (Lipinski definition) is 5. The minimum Gasteiger partial charge on any atom is -0.674 e. The average molecular weight is 692 g/mol. The molecule has 5 aromatic heterocycles. The summed E-state index contributed by atoms with van der Waals surface area (Å²) in [6, 6.07) is 44.2. The largest absolute Gasteiger partial charge is 0.674 e. The molecule has 0 saturated heterocycles. The van der Waals surface area contributed by atoms with E-state index in [2.05, 4.69) is 123 Å². The summed E-state index contributed by atoms with van der Waals surface area (Å²) in [6.07, 6.45) is 17.4. The summed E-state index contributed by atoms with van der Waals surface area (Å²) >= 11 is 0. The van der Waals surface area contributed by atoms with Gasteiger partial charge in [-0.1, -0.05) is 91.0 Å². The van der Waals surface area contributed by atoms with E-state index in [-0.39, 0.29) is 6.04 Å². The maximum Gasteiger partial charge on any atom is 0.0725 e. The Morgan fingerprint density at radius 2 is 0.981 bits per heavy atom. The van der Waals surface area contributed by atoms with Gasteiger partial charge in [-0.15, -0.1) is 5.70 Å². The third-order valence-corrected chi connectivity index (χ3v) is 10.1. The molecular weight excluding hydrogens is 661 g/mol. The molecule has 0 aliphatic carbocycles. The summed E-state index contributed by atoms with van der Waals surface area (Å²) in [5, 5.41) is 12.4. The first-order valence-corrected chi connectivity index (χ1v) is 17.9. The summed E-state index contributed by atoms with van der Waals surface area (Å²) in [5.41, 5.74) is 10.6. The minimum atomic E-state index is -0.142. The highest BCUT2D eigenvalue weighted by molar-refractivity contribution is 6.26. The number of aromatic nitrogens is 5. The van der Waals surface area contributed by atoms with Gasteiger partial charge in [0.2, 0.25) is 0 Å². The van der Waals surface area contributed by atoms with Crippen molar-refractivity contribution in [2.75, 3.05) is 0 Å². The van der Waals surface area contributed by atoms with Crippen molar-refractivity contribution in [2.45, 2.75) is 6.04 Å². The van der Waals surface area contributed by atoms with E-state index in [1.54, 1.807) is 12.4 Å². The SMILES string of the molecule is C1=CC(c2cncc(-c3ccccn3)c2)[N-]C(c2ccc3c4ccc(-c5cccc(-c6cncc(-c7ccccn7)c6)n5)cc4c4ccccc4c3c2)=C1. The lowest BCUT2D eigenvalue weighted by molar-refractivity contribution is 1.02. The van der Waals surface area contributed by atoms with Crippen LogP contribution in [0.5, 0.6) is 0 Å². The first-order valence-electron chi connectivity index (χ1n) is 17.9. The van der Waals surface area contributed by atoms with Crippen molar-refractivity contribution in [3.63, 3.8) is 0 Å². The van der Waals surface area contributed by atoms with E-state index in [9.17, 15) is 0 Å². The summed E-state index contributed by atoms with van der Waals surface area (Å²) in [5.74, 6) is 0. The third kappa shape index (κ3) is 5.76. The Bertz CT molecular complexity index is 2900. The van der Waals surface area contributed by atoms with Gasteiger partial charge in [0, 0.05) is 59.4 Å². The van der Waals surface area contributed by atoms with Gasteiger partial charge in [-0.05, 0) is 104 Å². The molecule has 0 saturated carbocycles. The molecule has 0 fully saturated rings. The normalized spacial score (nSPS) is 13.9. The van der Waals surface area contributed by atoms with Crippen LogP contribution in [0.15, 0.2) is 183 Å². The van der Waals surface area contributed by atoms with E-state index in [4.69, 9.17) is 10.3 Å². The number of benzene rings is 4. The molecule has 0 radical (unpaired) electrons. The first-order chi connectivity index (χ1) is 26.7. The second-order valence-electron chi connectivity index (χ2n) is 13.4. The Morgan fingerprint density at radius 1 is 0.426 bits per heavy atom. The second-order valence-corrected chi connectivity index (χ2v) is 13.4. The average Bonchev–Trinajstić information content (AvgIpc) is 3.27. The lowest BCUT2D eigenvalue weighted by Gasteiger charge is -2.36. The van der Waals surface area contributed by atoms with Crippen LogP contribution >= 0.6 is 0 Å². The molecule has 0 amide bonds. The highest BCUT2D eigenvalue weighted by Gasteiger charge is 2.14. The van der Waals surface area contributed by atoms with Crippen LogP contribution in [0.3, 0.4) is 0 Å². The lowest BCUT2D eigenvalue weighted by Crippen LogP contribution is -2.00. The van der Waals surface area contributed by atoms with Crippen molar-refractivity contribution >= 4 is 38.0 Å². The molecule has 1 unspecified atom stereocenters. The van der Waals surface area contributed by atoms with Gasteiger partial charge in [-0.2, -0.15) is 0 Å². The van der Waals surface area contributed by atoms with Gasteiger partial charge in [0.25, 0.3) is 0 Å². The van der Waals surface area contributed by atoms with Gasteiger partial charge in [0.1, 0.15) is 0 Å². The van der Waals surface area contributed by atoms with Crippen LogP contribution < -0.4 is 0 Å². The smallest absolute Gasteiger partial charge is 0.0725 e. The fourth-order valence-electron chi connectivity index (χ4n) is 7.42. The molecule has 6 heteroatoms. The molecule has 0 spiro atoms. The zero-order chi connectivity index (χ0) is 35.8. The van der Waals surface area contributed by atoms with Crippen LogP contribution in [0, 0.1) is 0 Å². The van der Waals surface area contributed by atoms with Crippen molar-refractivity contribution < 1.29 is 0 Å². The fraction of sp³-hybridized carbons (Fsp3) is 0.0208. The van der Waals surface area contributed by atoms with Crippen molar-refractivity contribution in [3.8, 4) is 45.0 Å². The molecule has 1 aliphatic rings. The van der Waals surface area contributed by atoms with Gasteiger partial charge < -0.3 is 5.32 Å². The van der Waals surface area contributed by atoms with E-state index >= 15 is 0 Å². The van der Waals surface area contributed by atoms with E-state index in [0.717, 1.165) is 61.9 Å². The summed E-state index contributed by atoms with van der Waals surface area (Å²) in [7, 11) is 0. The minimum absolute atomic E-state index is 0.142. The zero-order valence-electron chi connectivity index (χ0n) is 29.1. The predicted octanol–water partition coefficient (Wildman–Crippen LogP) is 11.8. The Hall–Kier alpha value is -7.31. The van der Waals surface area contributed by atoms with Crippen LogP contribution in [-0.2, 0) is 0 Å². The van der Waals surface area contributed by atoms with Gasteiger partial charge in [0.15, 0.2) is 0 Å². The molecule has 6 heterocycles. The van der Waals surface area contributed by atoms with Crippen molar-refractivity contribution in [3.05, 3.63) is 199 Å². The van der Waals surface area contributed by atoms with Crippen LogP contribution in [0.4, 0.5) is 0 Å². The highest BCUT2D eigenvalue weighted by Crippen LogP contribution is 2.41. The standard InChI is InChI=1S/C48H31N6/c1-2-10-38-37(9-1)41-25-31(45-13-7-15-47(53-45)35-23-33(27-49-29-35)43-11-3-5-21-51-43)17-19-39(41)40-20-18-32(26-42(38)40)46-14-8-16-48(54-46)36-24-34(28-50-30-36)44-12-4-6-22-52-44/h1-30,47H/q-1. The number of hydrogen-bond donors (Lipinski definition) is 0. The van der Waals surface area contributed by atoms with Gasteiger partial charge in [-0.3, -0.25) is 19.9 Å². The van der Waals surface area contributed by atoms with E-state index in [1.165, 1.54) is 32.3 Å². The number of pyridine rings is 5. The Balaban J connectivity index is 1.00. The lowest BCUT2D eigenvalue weighted by atomic mass is 9.91. The summed E-state index contributed by atoms with van der Waals surface area (Å²) in [4.78, 5) is 23.2. The predicted molar refractivity (Wildman–Crippen MR) is 219 cm³/mol. The number of nitrogens with zero attached hydrogens (tertiary/aromatic N) is 6. The molecule has 0 bridgehead atoms. The quantitative estimate of drug-likeness (QED) is 0.162. The maximum atomic E-state index is 5.20. The third-order valence-electron chi connectivity index (χ3n) is 10.1. The molecule has 0 N–H and O–H groups in total. The van der Waals surface area contributed by atoms with Crippen LogP contribution in [0.25, 0.3) is 88.4 Å². The second kappa shape index (κ2) is 13.3. The van der Waals surface area contributed by atoms with Crippen LogP contribution in [-0.4, -0.2) is 24.9 Å². The molecule has 54 heavy (non-hydrogen) atoms. The molecular formula is C48H31N6-. The molecule has 1 aliphatic heterocycles. The Labute approximate surface area is 312 Å². The fourth-order valence-corrected chi connectivity index (χ4v) is 7.42. The molecule has 9 aromatic rings. The van der Waals surface area contributed by atoms with Crippen LogP contribution in [0.1, 0.15) is 17.2 Å². The van der Waals surface area contributed by atoms with Crippen molar-refractivity contribution in [2.24, 2.45) is 0 Å². The number of rotatable bonds is 6. The molecule has 10 rings (SSSR count). The number of fused-ring (bicyclic) bond motifs is 6. The van der Waals surface area contributed by atoms with Gasteiger partial charge in [-0.25, -0.2) is 4.98 Å². The van der Waals surface area contributed by atoms with Crippen LogP contribution in [0.2, 0.25) is 0 Å². The number of allylic oxidation sites excluding steroid dienone is 2. The maximum absolute atomic E-state index is 5.20. The summed E-state index contributed by atoms with van der Waals surface area (Å²) < 4.78 is 0. The molecule has 4 aromatic carbocycles. The highest BCUT2D eigenvalue weighted by atomic mass is 14.9. The zero-order valence-corrected chi connectivity index (χ0v) is 29.1. The monoisotopic (exact) mass is 691 g/mol. The van der Waals surface area contributed by atoms with Gasteiger partial charge in [0.05, 0.1) is 22.8 Å². The molecule has 1 atom stereocenters. The van der Waals surface area contributed by atoms with Crippen molar-refractivity contribution in [1.82, 2.24) is 24.9 Å². The topological polar surface area (TPSA) is 78.5 Å². The Morgan fingerprint density at radius 3 is 1.67 bits per heavy atom. The van der Waals surface area contributed by atoms with E-state index < -0.39 is 0 Å². The van der Waals surface area contributed by atoms with Gasteiger partial charge >= 0.3 is 0 Å². The van der Waals surface area contributed by atoms with E-state index in [1.807, 2.05) is 67.3 Å². The Kier molecular flexibility index (Phi) is 7.77. The molecule has 254 valence electrons.